The molecule has 3 rings (SSSR count). The van der Waals surface area contributed by atoms with E-state index in [0.717, 1.165) is 21.2 Å². The number of ether oxygens (including phenoxy) is 2. The van der Waals surface area contributed by atoms with Crippen LogP contribution in [-0.2, 0) is 13.0 Å². The molecular formula is C24H23BrN4O4. The van der Waals surface area contributed by atoms with Gasteiger partial charge in [0, 0.05) is 16.1 Å². The Morgan fingerprint density at radius 1 is 1.21 bits per heavy atom. The van der Waals surface area contributed by atoms with Gasteiger partial charge in [0.2, 0.25) is 0 Å². The van der Waals surface area contributed by atoms with Crippen LogP contribution >= 0.6 is 15.9 Å². The van der Waals surface area contributed by atoms with Crippen LogP contribution in [0.25, 0.3) is 0 Å². The van der Waals surface area contributed by atoms with E-state index < -0.39 is 4.92 Å². The maximum atomic E-state index is 10.7. The fourth-order valence-corrected chi connectivity index (χ4v) is 3.23. The molecule has 1 aromatic heterocycles. The van der Waals surface area contributed by atoms with Crippen molar-refractivity contribution in [3.63, 3.8) is 0 Å². The van der Waals surface area contributed by atoms with E-state index in [-0.39, 0.29) is 5.69 Å². The third-order valence-electron chi connectivity index (χ3n) is 4.47. The predicted molar refractivity (Wildman–Crippen MR) is 132 cm³/mol. The molecule has 9 heteroatoms. The second-order valence-corrected chi connectivity index (χ2v) is 7.79. The zero-order valence-electron chi connectivity index (χ0n) is 18.0. The summed E-state index contributed by atoms with van der Waals surface area (Å²) < 4.78 is 13.0. The van der Waals surface area contributed by atoms with Crippen LogP contribution < -0.4 is 14.9 Å². The van der Waals surface area contributed by atoms with Crippen LogP contribution in [0.15, 0.2) is 77.0 Å². The van der Waals surface area contributed by atoms with Crippen LogP contribution in [0, 0.1) is 10.1 Å². The maximum absolute atomic E-state index is 10.7. The summed E-state index contributed by atoms with van der Waals surface area (Å²) in [4.78, 5) is 14.2. The van der Waals surface area contributed by atoms with E-state index in [2.05, 4.69) is 38.0 Å². The largest absolute Gasteiger partial charge is 0.490 e. The molecular weight excluding hydrogens is 488 g/mol. The molecule has 0 saturated carbocycles. The first kappa shape index (κ1) is 23.9. The molecule has 0 fully saturated rings. The van der Waals surface area contributed by atoms with Crippen LogP contribution in [0.1, 0.15) is 23.6 Å². The van der Waals surface area contributed by atoms with Gasteiger partial charge in [-0.25, -0.2) is 4.98 Å². The standard InChI is InChI=1S/C24H23BrN4O4/c1-3-5-19-12-18(14-27-28-23-11-10-21(15-26-23)29(30)31)13-22(32-4-2)24(19)33-16-17-6-8-20(25)9-7-17/h3,6-15H,1,4-5,16H2,2H3,(H,26,28). The highest BCUT2D eigenvalue weighted by atomic mass is 79.9. The van der Waals surface area contributed by atoms with Crippen LogP contribution in [0.2, 0.25) is 0 Å². The molecule has 2 aromatic carbocycles. The molecule has 0 aliphatic carbocycles. The molecule has 3 aromatic rings. The molecule has 1 heterocycles. The lowest BCUT2D eigenvalue weighted by molar-refractivity contribution is -0.385. The van der Waals surface area contributed by atoms with Crippen molar-refractivity contribution in [3.05, 3.63) is 98.7 Å². The lowest BCUT2D eigenvalue weighted by Crippen LogP contribution is -2.04. The molecule has 0 saturated heterocycles. The Bertz CT molecular complexity index is 1130. The van der Waals surface area contributed by atoms with E-state index in [1.165, 1.54) is 18.3 Å². The second kappa shape index (κ2) is 11.8. The SMILES string of the molecule is C=CCc1cc(C=NNc2ccc([N+](=O)[O-])cn2)cc(OCC)c1OCc1ccc(Br)cc1. The summed E-state index contributed by atoms with van der Waals surface area (Å²) in [5, 5.41) is 14.9. The molecule has 8 nitrogen and oxygen atoms in total. The number of benzene rings is 2. The Hall–Kier alpha value is -3.72. The maximum Gasteiger partial charge on any atom is 0.287 e. The summed E-state index contributed by atoms with van der Waals surface area (Å²) in [6.07, 6.45) is 5.19. The molecule has 0 aliphatic heterocycles. The Kier molecular flexibility index (Phi) is 8.54. The number of halogens is 1. The Labute approximate surface area is 200 Å². The Morgan fingerprint density at radius 2 is 2.00 bits per heavy atom. The fourth-order valence-electron chi connectivity index (χ4n) is 2.96. The first-order chi connectivity index (χ1) is 16.0. The minimum atomic E-state index is -0.503. The minimum absolute atomic E-state index is 0.0846. The van der Waals surface area contributed by atoms with Gasteiger partial charge < -0.3 is 9.47 Å². The molecule has 0 unspecified atom stereocenters. The number of nitro groups is 1. The van der Waals surface area contributed by atoms with Gasteiger partial charge in [-0.15, -0.1) is 6.58 Å². The van der Waals surface area contributed by atoms with Crippen molar-refractivity contribution in [2.75, 3.05) is 12.0 Å². The average molecular weight is 511 g/mol. The van der Waals surface area contributed by atoms with Crippen LogP contribution in [0.4, 0.5) is 11.5 Å². The number of allylic oxidation sites excluding steroid dienone is 1. The molecule has 0 spiro atoms. The smallest absolute Gasteiger partial charge is 0.287 e. The molecule has 1 N–H and O–H groups in total. The monoisotopic (exact) mass is 510 g/mol. The molecule has 0 amide bonds. The number of hydrogen-bond donors (Lipinski definition) is 1. The third-order valence-corrected chi connectivity index (χ3v) is 4.99. The summed E-state index contributed by atoms with van der Waals surface area (Å²) >= 11 is 3.44. The number of nitrogens with zero attached hydrogens (tertiary/aromatic N) is 3. The van der Waals surface area contributed by atoms with Gasteiger partial charge in [-0.3, -0.25) is 15.5 Å². The first-order valence-electron chi connectivity index (χ1n) is 10.2. The van der Waals surface area contributed by atoms with E-state index in [0.29, 0.717) is 37.0 Å². The van der Waals surface area contributed by atoms with Crippen molar-refractivity contribution in [2.45, 2.75) is 20.0 Å². The number of hydrazone groups is 1. The lowest BCUT2D eigenvalue weighted by Gasteiger charge is -2.17. The number of hydrogen-bond acceptors (Lipinski definition) is 7. The topological polar surface area (TPSA) is 98.9 Å². The lowest BCUT2D eigenvalue weighted by atomic mass is 10.1. The molecule has 0 atom stereocenters. The van der Waals surface area contributed by atoms with E-state index in [1.807, 2.05) is 43.3 Å². The molecule has 0 aliphatic rings. The zero-order valence-corrected chi connectivity index (χ0v) is 19.6. The highest BCUT2D eigenvalue weighted by Gasteiger charge is 2.13. The Balaban J connectivity index is 1.80. The van der Waals surface area contributed by atoms with Crippen molar-refractivity contribution in [3.8, 4) is 11.5 Å². The van der Waals surface area contributed by atoms with E-state index in [4.69, 9.17) is 9.47 Å². The van der Waals surface area contributed by atoms with E-state index in [9.17, 15) is 10.1 Å². The van der Waals surface area contributed by atoms with Gasteiger partial charge in [-0.05, 0) is 54.8 Å². The summed E-state index contributed by atoms with van der Waals surface area (Å²) in [6.45, 7) is 6.64. The summed E-state index contributed by atoms with van der Waals surface area (Å²) in [5.41, 5.74) is 5.43. The fraction of sp³-hybridized carbons (Fsp3) is 0.167. The van der Waals surface area contributed by atoms with Crippen molar-refractivity contribution < 1.29 is 14.4 Å². The number of rotatable bonds is 11. The highest BCUT2D eigenvalue weighted by molar-refractivity contribution is 9.10. The number of nitrogens with one attached hydrogen (secondary N) is 1. The molecule has 0 bridgehead atoms. The van der Waals surface area contributed by atoms with Crippen molar-refractivity contribution in [1.82, 2.24) is 4.98 Å². The second-order valence-electron chi connectivity index (χ2n) is 6.88. The van der Waals surface area contributed by atoms with Gasteiger partial charge in [-0.2, -0.15) is 5.10 Å². The number of aromatic nitrogens is 1. The van der Waals surface area contributed by atoms with Gasteiger partial charge >= 0.3 is 0 Å². The van der Waals surface area contributed by atoms with Crippen molar-refractivity contribution >= 4 is 33.6 Å². The highest BCUT2D eigenvalue weighted by Crippen LogP contribution is 2.34. The van der Waals surface area contributed by atoms with E-state index in [1.54, 1.807) is 12.3 Å². The van der Waals surface area contributed by atoms with Gasteiger partial charge in [0.05, 0.1) is 17.7 Å². The van der Waals surface area contributed by atoms with Gasteiger partial charge in [0.25, 0.3) is 5.69 Å². The average Bonchev–Trinajstić information content (AvgIpc) is 2.80. The first-order valence-corrected chi connectivity index (χ1v) is 11.0. The quantitative estimate of drug-likeness (QED) is 0.149. The summed E-state index contributed by atoms with van der Waals surface area (Å²) in [7, 11) is 0. The summed E-state index contributed by atoms with van der Waals surface area (Å²) in [5.74, 6) is 1.67. The zero-order chi connectivity index (χ0) is 23.6. The van der Waals surface area contributed by atoms with Crippen LogP contribution in [0.3, 0.4) is 0 Å². The van der Waals surface area contributed by atoms with Gasteiger partial charge in [0.15, 0.2) is 11.5 Å². The Morgan fingerprint density at radius 3 is 2.64 bits per heavy atom. The van der Waals surface area contributed by atoms with Crippen LogP contribution in [0.5, 0.6) is 11.5 Å². The van der Waals surface area contributed by atoms with Crippen molar-refractivity contribution in [1.29, 1.82) is 0 Å². The molecule has 170 valence electrons. The molecule has 33 heavy (non-hydrogen) atoms. The summed E-state index contributed by atoms with van der Waals surface area (Å²) in [6, 6.07) is 14.6. The minimum Gasteiger partial charge on any atom is -0.490 e. The number of pyridine rings is 1. The normalized spacial score (nSPS) is 10.7. The number of anilines is 1. The van der Waals surface area contributed by atoms with Crippen molar-refractivity contribution in [2.24, 2.45) is 5.10 Å². The molecule has 0 radical (unpaired) electrons. The van der Waals surface area contributed by atoms with Gasteiger partial charge in [-0.1, -0.05) is 34.1 Å². The third kappa shape index (κ3) is 6.88. The van der Waals surface area contributed by atoms with Gasteiger partial charge in [0.1, 0.15) is 18.6 Å². The van der Waals surface area contributed by atoms with Crippen LogP contribution in [-0.4, -0.2) is 22.7 Å². The predicted octanol–water partition coefficient (Wildman–Crippen LogP) is 5.90. The van der Waals surface area contributed by atoms with E-state index >= 15 is 0 Å².